The van der Waals surface area contributed by atoms with Crippen LogP contribution in [0.25, 0.3) is 6.08 Å². The number of hydrogen-bond acceptors (Lipinski definition) is 3. The second kappa shape index (κ2) is 11.0. The van der Waals surface area contributed by atoms with Gasteiger partial charge in [0.25, 0.3) is 5.91 Å². The van der Waals surface area contributed by atoms with Gasteiger partial charge in [-0.3, -0.25) is 9.59 Å². The van der Waals surface area contributed by atoms with E-state index in [1.807, 2.05) is 70.5 Å². The van der Waals surface area contributed by atoms with Gasteiger partial charge in [-0.05, 0) is 61.9 Å². The standard InChI is InChI=1S/C27H32N2O3/c30-26(15-14-22-9-3-1-4-10-22)29-18-8-11-23(20-29)21-32-25-13-7-12-24(19-25)27(31)28-16-5-2-6-17-28/h1,3-4,7,9-10,12-15,19,23H,2,5-6,8,11,16-18,20-21H2/b15-14+/t23-/m0/s1. The second-order valence-electron chi connectivity index (χ2n) is 8.73. The summed E-state index contributed by atoms with van der Waals surface area (Å²) >= 11 is 0. The Morgan fingerprint density at radius 2 is 1.69 bits per heavy atom. The minimum atomic E-state index is 0.0488. The summed E-state index contributed by atoms with van der Waals surface area (Å²) in [7, 11) is 0. The minimum absolute atomic E-state index is 0.0488. The Balaban J connectivity index is 1.29. The predicted octanol–water partition coefficient (Wildman–Crippen LogP) is 4.64. The van der Waals surface area contributed by atoms with Gasteiger partial charge in [-0.25, -0.2) is 0 Å². The van der Waals surface area contributed by atoms with Gasteiger partial charge < -0.3 is 14.5 Å². The van der Waals surface area contributed by atoms with Crippen molar-refractivity contribution < 1.29 is 14.3 Å². The molecule has 2 aliphatic rings. The Bertz CT molecular complexity index is 935. The normalized spacial score (nSPS) is 19.2. The number of likely N-dealkylation sites (tertiary alicyclic amines) is 2. The molecule has 2 fully saturated rings. The average Bonchev–Trinajstić information content (AvgIpc) is 2.87. The summed E-state index contributed by atoms with van der Waals surface area (Å²) < 4.78 is 6.05. The van der Waals surface area contributed by atoms with Crippen LogP contribution in [-0.4, -0.2) is 54.4 Å². The van der Waals surface area contributed by atoms with Gasteiger partial charge in [-0.2, -0.15) is 0 Å². The molecule has 0 aliphatic carbocycles. The molecule has 5 nitrogen and oxygen atoms in total. The van der Waals surface area contributed by atoms with Crippen molar-refractivity contribution in [2.24, 2.45) is 5.92 Å². The SMILES string of the molecule is O=C(/C=C/c1ccccc1)N1CCC[C@H](COc2cccc(C(=O)N3CCCCC3)c2)C1. The topological polar surface area (TPSA) is 49.9 Å². The molecule has 2 heterocycles. The van der Waals surface area contributed by atoms with Crippen molar-refractivity contribution in [2.45, 2.75) is 32.1 Å². The number of nitrogens with zero attached hydrogens (tertiary/aromatic N) is 2. The highest BCUT2D eigenvalue weighted by Crippen LogP contribution is 2.21. The van der Waals surface area contributed by atoms with Crippen molar-refractivity contribution in [3.8, 4) is 5.75 Å². The summed E-state index contributed by atoms with van der Waals surface area (Å²) in [6.45, 7) is 3.72. The third kappa shape index (κ3) is 6.00. The smallest absolute Gasteiger partial charge is 0.253 e. The van der Waals surface area contributed by atoms with Crippen LogP contribution in [0, 0.1) is 5.92 Å². The molecule has 1 atom stereocenters. The largest absolute Gasteiger partial charge is 0.493 e. The number of carbonyl (C=O) groups excluding carboxylic acids is 2. The first kappa shape index (κ1) is 22.1. The van der Waals surface area contributed by atoms with Crippen molar-refractivity contribution in [3.05, 3.63) is 71.8 Å². The summed E-state index contributed by atoms with van der Waals surface area (Å²) in [6, 6.07) is 17.4. The van der Waals surface area contributed by atoms with Gasteiger partial charge in [0, 0.05) is 43.7 Å². The molecule has 0 N–H and O–H groups in total. The third-order valence-corrected chi connectivity index (χ3v) is 6.26. The Morgan fingerprint density at radius 3 is 2.50 bits per heavy atom. The molecule has 0 radical (unpaired) electrons. The molecule has 0 unspecified atom stereocenters. The summed E-state index contributed by atoms with van der Waals surface area (Å²) in [5.41, 5.74) is 1.72. The van der Waals surface area contributed by atoms with E-state index < -0.39 is 0 Å². The van der Waals surface area contributed by atoms with E-state index in [2.05, 4.69) is 0 Å². The van der Waals surface area contributed by atoms with Crippen LogP contribution in [0.2, 0.25) is 0 Å². The van der Waals surface area contributed by atoms with Gasteiger partial charge in [0.05, 0.1) is 6.61 Å². The van der Waals surface area contributed by atoms with Gasteiger partial charge >= 0.3 is 0 Å². The summed E-state index contributed by atoms with van der Waals surface area (Å²) in [4.78, 5) is 29.2. The Morgan fingerprint density at radius 1 is 0.906 bits per heavy atom. The van der Waals surface area contributed by atoms with E-state index in [0.717, 1.165) is 56.6 Å². The molecular weight excluding hydrogens is 400 g/mol. The second-order valence-corrected chi connectivity index (χ2v) is 8.73. The lowest BCUT2D eigenvalue weighted by molar-refractivity contribution is -0.127. The first-order valence-electron chi connectivity index (χ1n) is 11.7. The number of rotatable bonds is 6. The van der Waals surface area contributed by atoms with Crippen LogP contribution in [-0.2, 0) is 4.79 Å². The highest BCUT2D eigenvalue weighted by atomic mass is 16.5. The van der Waals surface area contributed by atoms with Crippen LogP contribution in [0.15, 0.2) is 60.7 Å². The van der Waals surface area contributed by atoms with E-state index >= 15 is 0 Å². The van der Waals surface area contributed by atoms with E-state index in [1.54, 1.807) is 6.08 Å². The fraction of sp³-hybridized carbons (Fsp3) is 0.407. The fourth-order valence-electron chi connectivity index (χ4n) is 4.45. The van der Waals surface area contributed by atoms with Crippen LogP contribution in [0.1, 0.15) is 48.0 Å². The fourth-order valence-corrected chi connectivity index (χ4v) is 4.45. The monoisotopic (exact) mass is 432 g/mol. The number of hydrogen-bond donors (Lipinski definition) is 0. The maximum atomic E-state index is 12.8. The molecule has 0 saturated carbocycles. The van der Waals surface area contributed by atoms with Crippen molar-refractivity contribution in [2.75, 3.05) is 32.8 Å². The molecule has 32 heavy (non-hydrogen) atoms. The van der Waals surface area contributed by atoms with Crippen LogP contribution in [0.3, 0.4) is 0 Å². The molecule has 2 amide bonds. The predicted molar refractivity (Wildman–Crippen MR) is 126 cm³/mol. The highest BCUT2D eigenvalue weighted by molar-refractivity contribution is 5.94. The minimum Gasteiger partial charge on any atom is -0.493 e. The van der Waals surface area contributed by atoms with E-state index in [1.165, 1.54) is 6.42 Å². The van der Waals surface area contributed by atoms with Gasteiger partial charge in [-0.1, -0.05) is 36.4 Å². The van der Waals surface area contributed by atoms with Crippen LogP contribution >= 0.6 is 0 Å². The lowest BCUT2D eigenvalue weighted by atomic mass is 9.99. The summed E-state index contributed by atoms with van der Waals surface area (Å²) in [5.74, 6) is 1.15. The maximum Gasteiger partial charge on any atom is 0.253 e. The molecule has 2 aliphatic heterocycles. The van der Waals surface area contributed by atoms with Gasteiger partial charge in [0.15, 0.2) is 0 Å². The average molecular weight is 433 g/mol. The zero-order chi connectivity index (χ0) is 22.2. The summed E-state index contributed by atoms with van der Waals surface area (Å²) in [6.07, 6.45) is 8.92. The molecule has 0 bridgehead atoms. The molecular formula is C27H32N2O3. The number of piperidine rings is 2. The molecule has 2 aromatic carbocycles. The molecule has 0 aromatic heterocycles. The summed E-state index contributed by atoms with van der Waals surface area (Å²) in [5, 5.41) is 0. The van der Waals surface area contributed by atoms with Crippen LogP contribution in [0.5, 0.6) is 5.75 Å². The Kier molecular flexibility index (Phi) is 7.59. The molecule has 0 spiro atoms. The van der Waals surface area contributed by atoms with Crippen molar-refractivity contribution >= 4 is 17.9 Å². The zero-order valence-electron chi connectivity index (χ0n) is 18.6. The lowest BCUT2D eigenvalue weighted by Gasteiger charge is -2.32. The van der Waals surface area contributed by atoms with E-state index in [9.17, 15) is 9.59 Å². The first-order valence-corrected chi connectivity index (χ1v) is 11.7. The first-order chi connectivity index (χ1) is 15.7. The molecule has 4 rings (SSSR count). The van der Waals surface area contributed by atoms with Crippen LogP contribution < -0.4 is 4.74 Å². The number of ether oxygens (including phenoxy) is 1. The molecule has 2 saturated heterocycles. The van der Waals surface area contributed by atoms with Crippen molar-refractivity contribution in [3.63, 3.8) is 0 Å². The Labute approximate surface area is 190 Å². The maximum absolute atomic E-state index is 12.8. The Hall–Kier alpha value is -3.08. The van der Waals surface area contributed by atoms with Gasteiger partial charge in [0.1, 0.15) is 5.75 Å². The molecule has 5 heteroatoms. The van der Waals surface area contributed by atoms with Gasteiger partial charge in [-0.15, -0.1) is 0 Å². The van der Waals surface area contributed by atoms with Crippen molar-refractivity contribution in [1.29, 1.82) is 0 Å². The quantitative estimate of drug-likeness (QED) is 0.625. The number of amides is 2. The van der Waals surface area contributed by atoms with Crippen molar-refractivity contribution in [1.82, 2.24) is 9.80 Å². The van der Waals surface area contributed by atoms with Crippen LogP contribution in [0.4, 0.5) is 0 Å². The highest BCUT2D eigenvalue weighted by Gasteiger charge is 2.23. The lowest BCUT2D eigenvalue weighted by Crippen LogP contribution is -2.40. The molecule has 168 valence electrons. The van der Waals surface area contributed by atoms with E-state index in [-0.39, 0.29) is 11.8 Å². The molecule has 2 aromatic rings. The van der Waals surface area contributed by atoms with E-state index in [4.69, 9.17) is 4.74 Å². The van der Waals surface area contributed by atoms with Gasteiger partial charge in [0.2, 0.25) is 5.91 Å². The number of carbonyl (C=O) groups is 2. The third-order valence-electron chi connectivity index (χ3n) is 6.26. The number of benzene rings is 2. The van der Waals surface area contributed by atoms with E-state index in [0.29, 0.717) is 24.6 Å². The zero-order valence-corrected chi connectivity index (χ0v) is 18.6.